The summed E-state index contributed by atoms with van der Waals surface area (Å²) in [5.41, 5.74) is 0.519. The molecule has 0 aromatic heterocycles. The molecule has 0 bridgehead atoms. The molecule has 0 saturated carbocycles. The zero-order valence-corrected chi connectivity index (χ0v) is 7.35. The summed E-state index contributed by atoms with van der Waals surface area (Å²) in [6.45, 7) is 7.03. The number of rotatable bonds is 0. The summed E-state index contributed by atoms with van der Waals surface area (Å²) in [7, 11) is 0. The van der Waals surface area contributed by atoms with Crippen molar-refractivity contribution >= 4 is 0 Å². The molecule has 0 saturated heterocycles. The van der Waals surface area contributed by atoms with E-state index in [1.54, 1.807) is 0 Å². The highest BCUT2D eigenvalue weighted by molar-refractivity contribution is 4.93. The van der Waals surface area contributed by atoms with Gasteiger partial charge in [-0.05, 0) is 30.6 Å². The fourth-order valence-electron chi connectivity index (χ4n) is 1.58. The normalized spacial score (nSPS) is 26.9. The fourth-order valence-corrected chi connectivity index (χ4v) is 1.58. The lowest BCUT2D eigenvalue weighted by molar-refractivity contribution is 0.223. The maximum atomic E-state index is 2.34. The Bertz CT molecular complexity index is 125. The summed E-state index contributed by atoms with van der Waals surface area (Å²) in [6, 6.07) is 0. The van der Waals surface area contributed by atoms with E-state index >= 15 is 0 Å². The van der Waals surface area contributed by atoms with Crippen molar-refractivity contribution in [2.24, 2.45) is 11.3 Å². The van der Waals surface area contributed by atoms with Gasteiger partial charge in [-0.2, -0.15) is 0 Å². The Balaban J connectivity index is 2.49. The largest absolute Gasteiger partial charge is 0.0885 e. The molecule has 10 heavy (non-hydrogen) atoms. The van der Waals surface area contributed by atoms with Crippen LogP contribution in [0, 0.1) is 11.3 Å². The molecule has 0 aliphatic heterocycles. The van der Waals surface area contributed by atoms with E-state index in [1.165, 1.54) is 19.3 Å². The maximum Gasteiger partial charge on any atom is -0.0317 e. The van der Waals surface area contributed by atoms with Crippen LogP contribution in [-0.4, -0.2) is 0 Å². The first-order chi connectivity index (χ1) is 4.61. The van der Waals surface area contributed by atoms with Gasteiger partial charge in [0.25, 0.3) is 0 Å². The summed E-state index contributed by atoms with van der Waals surface area (Å²) in [4.78, 5) is 0. The first kappa shape index (κ1) is 7.84. The van der Waals surface area contributed by atoms with Crippen molar-refractivity contribution in [1.82, 2.24) is 0 Å². The van der Waals surface area contributed by atoms with Gasteiger partial charge >= 0.3 is 0 Å². The van der Waals surface area contributed by atoms with Crippen LogP contribution >= 0.6 is 0 Å². The molecule has 0 aromatic carbocycles. The zero-order valence-electron chi connectivity index (χ0n) is 7.35. The lowest BCUT2D eigenvalue weighted by atomic mass is 9.74. The van der Waals surface area contributed by atoms with Crippen LogP contribution in [0.25, 0.3) is 0 Å². The SMILES string of the molecule is CC(C)(C)[C@H]1CC=CCC1. The van der Waals surface area contributed by atoms with Crippen molar-refractivity contribution in [2.75, 3.05) is 0 Å². The summed E-state index contributed by atoms with van der Waals surface area (Å²) < 4.78 is 0. The molecular formula is C10H18. The molecule has 1 aliphatic carbocycles. The van der Waals surface area contributed by atoms with Crippen LogP contribution in [-0.2, 0) is 0 Å². The van der Waals surface area contributed by atoms with Gasteiger partial charge < -0.3 is 0 Å². The Morgan fingerprint density at radius 2 is 1.90 bits per heavy atom. The molecule has 0 spiro atoms. The number of hydrogen-bond acceptors (Lipinski definition) is 0. The van der Waals surface area contributed by atoms with Crippen molar-refractivity contribution in [3.63, 3.8) is 0 Å². The maximum absolute atomic E-state index is 2.34. The van der Waals surface area contributed by atoms with E-state index in [2.05, 4.69) is 32.9 Å². The third kappa shape index (κ3) is 1.86. The first-order valence-electron chi connectivity index (χ1n) is 4.26. The third-order valence-electron chi connectivity index (χ3n) is 2.49. The molecule has 0 heterocycles. The quantitative estimate of drug-likeness (QED) is 0.450. The molecule has 0 nitrogen and oxygen atoms in total. The van der Waals surface area contributed by atoms with Gasteiger partial charge in [0.15, 0.2) is 0 Å². The molecule has 0 heteroatoms. The van der Waals surface area contributed by atoms with Crippen LogP contribution in [0.3, 0.4) is 0 Å². The molecular weight excluding hydrogens is 120 g/mol. The minimum absolute atomic E-state index is 0.519. The molecule has 58 valence electrons. The molecule has 0 aromatic rings. The molecule has 1 aliphatic rings. The van der Waals surface area contributed by atoms with Gasteiger partial charge in [0.05, 0.1) is 0 Å². The Hall–Kier alpha value is -0.260. The highest BCUT2D eigenvalue weighted by Gasteiger charge is 2.23. The number of allylic oxidation sites excluding steroid dienone is 2. The van der Waals surface area contributed by atoms with E-state index in [0.717, 1.165) is 5.92 Å². The van der Waals surface area contributed by atoms with Gasteiger partial charge in [-0.1, -0.05) is 32.9 Å². The van der Waals surface area contributed by atoms with Crippen molar-refractivity contribution in [2.45, 2.75) is 40.0 Å². The Morgan fingerprint density at radius 1 is 1.20 bits per heavy atom. The Labute approximate surface area is 64.3 Å². The minimum Gasteiger partial charge on any atom is -0.0885 e. The van der Waals surface area contributed by atoms with E-state index in [1.807, 2.05) is 0 Å². The summed E-state index contributed by atoms with van der Waals surface area (Å²) in [5.74, 6) is 0.914. The van der Waals surface area contributed by atoms with Crippen LogP contribution in [0.15, 0.2) is 12.2 Å². The predicted octanol–water partition coefficient (Wildman–Crippen LogP) is 3.39. The summed E-state index contributed by atoms with van der Waals surface area (Å²) in [5, 5.41) is 0. The average Bonchev–Trinajstić information content (AvgIpc) is 1.88. The summed E-state index contributed by atoms with van der Waals surface area (Å²) in [6.07, 6.45) is 8.62. The van der Waals surface area contributed by atoms with Crippen molar-refractivity contribution in [1.29, 1.82) is 0 Å². The van der Waals surface area contributed by atoms with E-state index < -0.39 is 0 Å². The Morgan fingerprint density at radius 3 is 2.20 bits per heavy atom. The summed E-state index contributed by atoms with van der Waals surface area (Å²) >= 11 is 0. The zero-order chi connectivity index (χ0) is 7.61. The van der Waals surface area contributed by atoms with Crippen LogP contribution < -0.4 is 0 Å². The number of hydrogen-bond donors (Lipinski definition) is 0. The second-order valence-corrected chi connectivity index (χ2v) is 4.35. The van der Waals surface area contributed by atoms with Crippen molar-refractivity contribution < 1.29 is 0 Å². The standard InChI is InChI=1S/C10H18/c1-10(2,3)9-7-5-4-6-8-9/h4-5,9H,6-8H2,1-3H3/t9-/m0/s1. The van der Waals surface area contributed by atoms with E-state index in [9.17, 15) is 0 Å². The van der Waals surface area contributed by atoms with Crippen LogP contribution in [0.2, 0.25) is 0 Å². The van der Waals surface area contributed by atoms with Crippen LogP contribution in [0.4, 0.5) is 0 Å². The second-order valence-electron chi connectivity index (χ2n) is 4.35. The average molecular weight is 138 g/mol. The van der Waals surface area contributed by atoms with E-state index in [0.29, 0.717) is 5.41 Å². The van der Waals surface area contributed by atoms with Crippen LogP contribution in [0.1, 0.15) is 40.0 Å². The van der Waals surface area contributed by atoms with Gasteiger partial charge in [-0.15, -0.1) is 0 Å². The topological polar surface area (TPSA) is 0 Å². The molecule has 0 N–H and O–H groups in total. The highest BCUT2D eigenvalue weighted by atomic mass is 14.3. The first-order valence-corrected chi connectivity index (χ1v) is 4.26. The van der Waals surface area contributed by atoms with Crippen molar-refractivity contribution in [3.8, 4) is 0 Å². The predicted molar refractivity (Wildman–Crippen MR) is 45.9 cm³/mol. The van der Waals surface area contributed by atoms with Crippen LogP contribution in [0.5, 0.6) is 0 Å². The van der Waals surface area contributed by atoms with Gasteiger partial charge in [-0.3, -0.25) is 0 Å². The molecule has 0 fully saturated rings. The lowest BCUT2D eigenvalue weighted by Gasteiger charge is -2.31. The molecule has 1 rings (SSSR count). The Kier molecular flexibility index (Phi) is 2.18. The minimum atomic E-state index is 0.519. The third-order valence-corrected chi connectivity index (χ3v) is 2.49. The molecule has 0 radical (unpaired) electrons. The van der Waals surface area contributed by atoms with Gasteiger partial charge in [0.1, 0.15) is 0 Å². The highest BCUT2D eigenvalue weighted by Crippen LogP contribution is 2.34. The second kappa shape index (κ2) is 2.77. The fraction of sp³-hybridized carbons (Fsp3) is 0.800. The van der Waals surface area contributed by atoms with E-state index in [4.69, 9.17) is 0 Å². The van der Waals surface area contributed by atoms with Gasteiger partial charge in [0.2, 0.25) is 0 Å². The molecule has 0 unspecified atom stereocenters. The van der Waals surface area contributed by atoms with Crippen molar-refractivity contribution in [3.05, 3.63) is 12.2 Å². The lowest BCUT2D eigenvalue weighted by Crippen LogP contribution is -2.20. The monoisotopic (exact) mass is 138 g/mol. The van der Waals surface area contributed by atoms with Gasteiger partial charge in [0, 0.05) is 0 Å². The molecule has 1 atom stereocenters. The van der Waals surface area contributed by atoms with E-state index in [-0.39, 0.29) is 0 Å². The smallest absolute Gasteiger partial charge is 0.0317 e. The molecule has 0 amide bonds. The van der Waals surface area contributed by atoms with Gasteiger partial charge in [-0.25, -0.2) is 0 Å².